The average Bonchev–Trinajstić information content (AvgIpc) is 2.95. The van der Waals surface area contributed by atoms with Crippen molar-refractivity contribution in [2.75, 3.05) is 12.8 Å². The number of aryl methyl sites for hydroxylation is 1. The van der Waals surface area contributed by atoms with Gasteiger partial charge in [-0.15, -0.1) is 0 Å². The minimum absolute atomic E-state index is 0.338. The number of rotatable bonds is 6. The molecule has 0 atom stereocenters. The number of anilines is 1. The van der Waals surface area contributed by atoms with Gasteiger partial charge in [0.25, 0.3) is 0 Å². The third-order valence-corrected chi connectivity index (χ3v) is 3.87. The van der Waals surface area contributed by atoms with Crippen LogP contribution in [0.5, 0.6) is 11.5 Å². The van der Waals surface area contributed by atoms with E-state index >= 15 is 0 Å². The minimum Gasteiger partial charge on any atom is -0.493 e. The Bertz CT molecular complexity index is 937. The maximum atomic E-state index is 6.01. The molecule has 7 heteroatoms. The molecule has 0 amide bonds. The van der Waals surface area contributed by atoms with Crippen LogP contribution in [-0.2, 0) is 6.61 Å². The first-order chi connectivity index (χ1) is 12.5. The lowest BCUT2D eigenvalue weighted by atomic mass is 10.2. The van der Waals surface area contributed by atoms with Gasteiger partial charge in [-0.25, -0.2) is 9.66 Å². The maximum absolute atomic E-state index is 6.01. The number of methoxy groups -OCH3 is 1. The standard InChI is InChI=1S/C19H19ClN4O2/c1-13-11-24(19(21)23-13)22-10-14-6-7-17(25-2)18(9-14)26-12-15-4-3-5-16(20)8-15/h3-11H,12H2,1-2H3,(H2,21,23). The van der Waals surface area contributed by atoms with Crippen LogP contribution in [0.15, 0.2) is 53.8 Å². The van der Waals surface area contributed by atoms with Crippen molar-refractivity contribution in [1.82, 2.24) is 9.66 Å². The second-order valence-corrected chi connectivity index (χ2v) is 6.09. The molecule has 0 saturated heterocycles. The number of ether oxygens (including phenoxy) is 2. The zero-order chi connectivity index (χ0) is 18.5. The van der Waals surface area contributed by atoms with Crippen molar-refractivity contribution in [3.63, 3.8) is 0 Å². The van der Waals surface area contributed by atoms with E-state index in [1.54, 1.807) is 19.5 Å². The third-order valence-electron chi connectivity index (χ3n) is 3.64. The number of imidazole rings is 1. The van der Waals surface area contributed by atoms with Gasteiger partial charge in [-0.2, -0.15) is 5.10 Å². The van der Waals surface area contributed by atoms with Gasteiger partial charge in [-0.05, 0) is 48.4 Å². The van der Waals surface area contributed by atoms with Crippen LogP contribution >= 0.6 is 11.6 Å². The second kappa shape index (κ2) is 7.93. The fourth-order valence-corrected chi connectivity index (χ4v) is 2.61. The largest absolute Gasteiger partial charge is 0.493 e. The Balaban J connectivity index is 1.78. The summed E-state index contributed by atoms with van der Waals surface area (Å²) in [4.78, 5) is 4.11. The fourth-order valence-electron chi connectivity index (χ4n) is 2.40. The monoisotopic (exact) mass is 370 g/mol. The zero-order valence-corrected chi connectivity index (χ0v) is 15.3. The highest BCUT2D eigenvalue weighted by Gasteiger charge is 2.06. The Morgan fingerprint density at radius 1 is 1.23 bits per heavy atom. The van der Waals surface area contributed by atoms with Gasteiger partial charge >= 0.3 is 0 Å². The minimum atomic E-state index is 0.338. The van der Waals surface area contributed by atoms with Gasteiger partial charge in [0.15, 0.2) is 11.5 Å². The molecule has 0 fully saturated rings. The highest BCUT2D eigenvalue weighted by Crippen LogP contribution is 2.28. The molecule has 0 saturated carbocycles. The van der Waals surface area contributed by atoms with Crippen molar-refractivity contribution in [2.24, 2.45) is 5.10 Å². The summed E-state index contributed by atoms with van der Waals surface area (Å²) in [6, 6.07) is 13.1. The van der Waals surface area contributed by atoms with Crippen LogP contribution < -0.4 is 15.2 Å². The Morgan fingerprint density at radius 3 is 2.77 bits per heavy atom. The van der Waals surface area contributed by atoms with Crippen molar-refractivity contribution in [2.45, 2.75) is 13.5 Å². The summed E-state index contributed by atoms with van der Waals surface area (Å²) in [6.07, 6.45) is 3.44. The third kappa shape index (κ3) is 4.34. The molecule has 0 radical (unpaired) electrons. The predicted octanol–water partition coefficient (Wildman–Crippen LogP) is 3.90. The molecule has 134 valence electrons. The molecule has 3 aromatic rings. The smallest absolute Gasteiger partial charge is 0.221 e. The first-order valence-corrected chi connectivity index (χ1v) is 8.34. The lowest BCUT2D eigenvalue weighted by Gasteiger charge is -2.11. The zero-order valence-electron chi connectivity index (χ0n) is 14.5. The Labute approximate surface area is 156 Å². The molecule has 0 bridgehead atoms. The molecule has 0 aliphatic heterocycles. The SMILES string of the molecule is COc1ccc(C=Nn2cc(C)nc2N)cc1OCc1cccc(Cl)c1. The number of halogens is 1. The molecule has 6 nitrogen and oxygen atoms in total. The van der Waals surface area contributed by atoms with Gasteiger partial charge in [0.05, 0.1) is 25.2 Å². The molecule has 1 aromatic heterocycles. The van der Waals surface area contributed by atoms with Gasteiger partial charge < -0.3 is 15.2 Å². The van der Waals surface area contributed by atoms with Crippen LogP contribution in [0.4, 0.5) is 5.95 Å². The van der Waals surface area contributed by atoms with Crippen molar-refractivity contribution >= 4 is 23.8 Å². The van der Waals surface area contributed by atoms with Gasteiger partial charge in [0.1, 0.15) is 6.61 Å². The van der Waals surface area contributed by atoms with E-state index in [9.17, 15) is 0 Å². The number of hydrogen-bond acceptors (Lipinski definition) is 5. The van der Waals surface area contributed by atoms with E-state index in [1.807, 2.05) is 49.4 Å². The molecule has 0 aliphatic carbocycles. The summed E-state index contributed by atoms with van der Waals surface area (Å²) >= 11 is 6.01. The molecule has 26 heavy (non-hydrogen) atoms. The van der Waals surface area contributed by atoms with Crippen LogP contribution in [0.25, 0.3) is 0 Å². The summed E-state index contributed by atoms with van der Waals surface area (Å²) in [7, 11) is 1.60. The van der Waals surface area contributed by atoms with Gasteiger partial charge in [0, 0.05) is 5.02 Å². The van der Waals surface area contributed by atoms with E-state index in [0.717, 1.165) is 16.8 Å². The first-order valence-electron chi connectivity index (χ1n) is 7.96. The van der Waals surface area contributed by atoms with Crippen LogP contribution in [0, 0.1) is 6.92 Å². The van der Waals surface area contributed by atoms with Crippen LogP contribution in [0.1, 0.15) is 16.8 Å². The van der Waals surface area contributed by atoms with Crippen molar-refractivity contribution in [3.8, 4) is 11.5 Å². The number of nitrogen functional groups attached to an aromatic ring is 1. The lowest BCUT2D eigenvalue weighted by molar-refractivity contribution is 0.284. The number of benzene rings is 2. The molecule has 0 aliphatic rings. The summed E-state index contributed by atoms with van der Waals surface area (Å²) in [6.45, 7) is 2.24. The molecule has 1 heterocycles. The van der Waals surface area contributed by atoms with E-state index in [1.165, 1.54) is 4.68 Å². The Kier molecular flexibility index (Phi) is 5.43. The number of nitrogens with two attached hydrogens (primary N) is 1. The molecular formula is C19H19ClN4O2. The quantitative estimate of drug-likeness (QED) is 0.668. The van der Waals surface area contributed by atoms with E-state index < -0.39 is 0 Å². The summed E-state index contributed by atoms with van der Waals surface area (Å²) in [5.74, 6) is 1.60. The molecule has 0 spiro atoms. The lowest BCUT2D eigenvalue weighted by Crippen LogP contribution is -1.99. The van der Waals surface area contributed by atoms with Gasteiger partial charge in [-0.3, -0.25) is 0 Å². The number of hydrogen-bond donors (Lipinski definition) is 1. The Morgan fingerprint density at radius 2 is 2.08 bits per heavy atom. The molecule has 3 rings (SSSR count). The average molecular weight is 371 g/mol. The highest BCUT2D eigenvalue weighted by atomic mass is 35.5. The van der Waals surface area contributed by atoms with E-state index in [2.05, 4.69) is 10.1 Å². The highest BCUT2D eigenvalue weighted by molar-refractivity contribution is 6.30. The van der Waals surface area contributed by atoms with Crippen LogP contribution in [0.3, 0.4) is 0 Å². The van der Waals surface area contributed by atoms with E-state index in [-0.39, 0.29) is 0 Å². The summed E-state index contributed by atoms with van der Waals surface area (Å²) in [5.41, 5.74) is 8.41. The summed E-state index contributed by atoms with van der Waals surface area (Å²) < 4.78 is 12.8. The van der Waals surface area contributed by atoms with Crippen molar-refractivity contribution < 1.29 is 9.47 Å². The van der Waals surface area contributed by atoms with Gasteiger partial charge in [-0.1, -0.05) is 23.7 Å². The first kappa shape index (κ1) is 17.8. The van der Waals surface area contributed by atoms with Crippen molar-refractivity contribution in [1.29, 1.82) is 0 Å². The van der Waals surface area contributed by atoms with Crippen LogP contribution in [-0.4, -0.2) is 23.0 Å². The number of aromatic nitrogens is 2. The fraction of sp³-hybridized carbons (Fsp3) is 0.158. The molecular weight excluding hydrogens is 352 g/mol. The summed E-state index contributed by atoms with van der Waals surface area (Å²) in [5, 5.41) is 4.99. The van der Waals surface area contributed by atoms with Gasteiger partial charge in [0.2, 0.25) is 5.95 Å². The van der Waals surface area contributed by atoms with E-state index in [4.69, 9.17) is 26.8 Å². The molecule has 2 aromatic carbocycles. The normalized spacial score (nSPS) is 11.0. The van der Waals surface area contributed by atoms with E-state index in [0.29, 0.717) is 29.1 Å². The van der Waals surface area contributed by atoms with Crippen LogP contribution in [0.2, 0.25) is 5.02 Å². The Hall–Kier alpha value is -2.99. The predicted molar refractivity (Wildman–Crippen MR) is 103 cm³/mol. The topological polar surface area (TPSA) is 74.7 Å². The maximum Gasteiger partial charge on any atom is 0.221 e. The number of nitrogens with zero attached hydrogens (tertiary/aromatic N) is 3. The molecule has 0 unspecified atom stereocenters. The molecule has 2 N–H and O–H groups in total. The second-order valence-electron chi connectivity index (χ2n) is 5.66. The van der Waals surface area contributed by atoms with Crippen molar-refractivity contribution in [3.05, 3.63) is 70.5 Å².